The van der Waals surface area contributed by atoms with E-state index in [0.29, 0.717) is 23.3 Å². The van der Waals surface area contributed by atoms with Crippen LogP contribution in [0.15, 0.2) is 30.3 Å². The highest BCUT2D eigenvalue weighted by Gasteiger charge is 2.51. The van der Waals surface area contributed by atoms with Crippen LogP contribution in [0, 0.1) is 0 Å². The van der Waals surface area contributed by atoms with E-state index in [0.717, 1.165) is 5.56 Å². The first-order valence-corrected chi connectivity index (χ1v) is 6.71. The van der Waals surface area contributed by atoms with E-state index in [-0.39, 0.29) is 23.9 Å². The van der Waals surface area contributed by atoms with Crippen LogP contribution < -0.4 is 4.74 Å². The zero-order valence-corrected chi connectivity index (χ0v) is 11.1. The number of hydrogen-bond acceptors (Lipinski definition) is 5. The van der Waals surface area contributed by atoms with Crippen molar-refractivity contribution in [3.63, 3.8) is 0 Å². The average molecular weight is 286 g/mol. The summed E-state index contributed by atoms with van der Waals surface area (Å²) < 4.78 is 5.57. The number of ether oxygens (including phenoxy) is 1. The monoisotopic (exact) mass is 286 g/mol. The second kappa shape index (κ2) is 3.83. The summed E-state index contributed by atoms with van der Waals surface area (Å²) in [5.74, 6) is -0.319. The standard InChI is InChI=1S/C16H14O5/c17-9-2-3-10-12(5-9)21-7-16(20)6-8-1-4-11(18)15(19)13(8)14(10)16/h1-5,14,17-20H,6-7H2/t14-,16+/m0/s1. The van der Waals surface area contributed by atoms with E-state index in [2.05, 4.69) is 0 Å². The van der Waals surface area contributed by atoms with Gasteiger partial charge in [0.1, 0.15) is 23.7 Å². The second-order valence-corrected chi connectivity index (χ2v) is 5.73. The molecule has 2 atom stereocenters. The molecule has 2 aromatic rings. The Labute approximate surface area is 120 Å². The molecule has 1 aliphatic carbocycles. The van der Waals surface area contributed by atoms with Crippen molar-refractivity contribution >= 4 is 0 Å². The van der Waals surface area contributed by atoms with Gasteiger partial charge in [-0.2, -0.15) is 0 Å². The van der Waals surface area contributed by atoms with Crippen LogP contribution in [-0.2, 0) is 6.42 Å². The summed E-state index contributed by atoms with van der Waals surface area (Å²) in [6.45, 7) is 0.0724. The lowest BCUT2D eigenvalue weighted by atomic mass is 9.80. The van der Waals surface area contributed by atoms with Crippen LogP contribution >= 0.6 is 0 Å². The van der Waals surface area contributed by atoms with Gasteiger partial charge in [-0.25, -0.2) is 0 Å². The maximum absolute atomic E-state index is 10.9. The van der Waals surface area contributed by atoms with Crippen LogP contribution in [-0.4, -0.2) is 32.6 Å². The number of rotatable bonds is 0. The number of phenolic OH excluding ortho intramolecular Hbond substituents is 3. The summed E-state index contributed by atoms with van der Waals surface area (Å²) >= 11 is 0. The second-order valence-electron chi connectivity index (χ2n) is 5.73. The summed E-state index contributed by atoms with van der Waals surface area (Å²) in [4.78, 5) is 0. The highest BCUT2D eigenvalue weighted by atomic mass is 16.5. The van der Waals surface area contributed by atoms with E-state index >= 15 is 0 Å². The molecule has 0 fully saturated rings. The van der Waals surface area contributed by atoms with Gasteiger partial charge in [0.05, 0.1) is 0 Å². The van der Waals surface area contributed by atoms with Crippen LogP contribution in [0.5, 0.6) is 23.0 Å². The van der Waals surface area contributed by atoms with Crippen molar-refractivity contribution in [3.05, 3.63) is 47.0 Å². The molecule has 21 heavy (non-hydrogen) atoms. The molecule has 0 spiro atoms. The molecule has 0 amide bonds. The highest BCUT2D eigenvalue weighted by Crippen LogP contribution is 2.55. The summed E-state index contributed by atoms with van der Waals surface area (Å²) in [5.41, 5.74) is 0.869. The summed E-state index contributed by atoms with van der Waals surface area (Å²) in [7, 11) is 0. The first-order chi connectivity index (χ1) is 9.99. The van der Waals surface area contributed by atoms with Gasteiger partial charge in [0.25, 0.3) is 0 Å². The lowest BCUT2D eigenvalue weighted by Gasteiger charge is -2.36. The van der Waals surface area contributed by atoms with Crippen molar-refractivity contribution < 1.29 is 25.2 Å². The zero-order valence-electron chi connectivity index (χ0n) is 11.1. The first-order valence-electron chi connectivity index (χ1n) is 6.71. The molecule has 108 valence electrons. The fourth-order valence-corrected chi connectivity index (χ4v) is 3.48. The Hall–Kier alpha value is -2.40. The highest BCUT2D eigenvalue weighted by molar-refractivity contribution is 5.61. The van der Waals surface area contributed by atoms with Gasteiger partial charge in [-0.15, -0.1) is 0 Å². The van der Waals surface area contributed by atoms with Crippen molar-refractivity contribution in [3.8, 4) is 23.0 Å². The molecule has 4 rings (SSSR count). The number of aromatic hydroxyl groups is 3. The smallest absolute Gasteiger partial charge is 0.161 e. The minimum Gasteiger partial charge on any atom is -0.508 e. The van der Waals surface area contributed by atoms with Gasteiger partial charge in [-0.1, -0.05) is 12.1 Å². The van der Waals surface area contributed by atoms with Crippen molar-refractivity contribution in [2.45, 2.75) is 17.9 Å². The third kappa shape index (κ3) is 1.55. The quantitative estimate of drug-likeness (QED) is 0.552. The Balaban J connectivity index is 1.99. The van der Waals surface area contributed by atoms with Crippen molar-refractivity contribution in [1.29, 1.82) is 0 Å². The van der Waals surface area contributed by atoms with Crippen molar-refractivity contribution in [2.75, 3.05) is 6.61 Å². The Morgan fingerprint density at radius 2 is 1.90 bits per heavy atom. The van der Waals surface area contributed by atoms with Gasteiger partial charge >= 0.3 is 0 Å². The Bertz CT molecular complexity index is 755. The topological polar surface area (TPSA) is 90.2 Å². The number of benzene rings is 2. The van der Waals surface area contributed by atoms with Gasteiger partial charge in [0, 0.05) is 29.5 Å². The van der Waals surface area contributed by atoms with E-state index in [1.54, 1.807) is 12.1 Å². The minimum atomic E-state index is -1.16. The minimum absolute atomic E-state index is 0.0724. The molecule has 1 heterocycles. The molecule has 0 unspecified atom stereocenters. The lowest BCUT2D eigenvalue weighted by molar-refractivity contribution is -0.0221. The van der Waals surface area contributed by atoms with Crippen molar-refractivity contribution in [2.24, 2.45) is 0 Å². The third-order valence-corrected chi connectivity index (χ3v) is 4.39. The van der Waals surface area contributed by atoms with Crippen molar-refractivity contribution in [1.82, 2.24) is 0 Å². The molecule has 0 saturated carbocycles. The van der Waals surface area contributed by atoms with Crippen LogP contribution in [0.25, 0.3) is 0 Å². The number of hydrogen-bond donors (Lipinski definition) is 4. The molecule has 5 nitrogen and oxygen atoms in total. The van der Waals surface area contributed by atoms with Crippen LogP contribution in [0.2, 0.25) is 0 Å². The first kappa shape index (κ1) is 12.3. The Morgan fingerprint density at radius 3 is 2.71 bits per heavy atom. The summed E-state index contributed by atoms with van der Waals surface area (Å²) in [6.07, 6.45) is 0.348. The van der Waals surface area contributed by atoms with E-state index < -0.39 is 11.5 Å². The largest absolute Gasteiger partial charge is 0.508 e. The third-order valence-electron chi connectivity index (χ3n) is 4.39. The Morgan fingerprint density at radius 1 is 1.10 bits per heavy atom. The molecular formula is C16H14O5. The predicted octanol–water partition coefficient (Wildman–Crippen LogP) is 1.61. The maximum Gasteiger partial charge on any atom is 0.161 e. The average Bonchev–Trinajstić information content (AvgIpc) is 2.76. The number of aliphatic hydroxyl groups is 1. The van der Waals surface area contributed by atoms with Gasteiger partial charge in [0.15, 0.2) is 11.5 Å². The molecule has 0 bridgehead atoms. The molecule has 4 N–H and O–H groups in total. The Kier molecular flexibility index (Phi) is 2.25. The zero-order chi connectivity index (χ0) is 14.8. The van der Waals surface area contributed by atoms with E-state index in [4.69, 9.17) is 4.74 Å². The molecule has 0 aromatic heterocycles. The summed E-state index contributed by atoms with van der Waals surface area (Å²) in [6, 6.07) is 7.82. The molecule has 0 saturated heterocycles. The van der Waals surface area contributed by atoms with E-state index in [1.165, 1.54) is 18.2 Å². The molecule has 2 aromatic carbocycles. The van der Waals surface area contributed by atoms with Crippen LogP contribution in [0.1, 0.15) is 22.6 Å². The van der Waals surface area contributed by atoms with E-state index in [1.807, 2.05) is 0 Å². The van der Waals surface area contributed by atoms with Crippen LogP contribution in [0.3, 0.4) is 0 Å². The van der Waals surface area contributed by atoms with E-state index in [9.17, 15) is 20.4 Å². The number of phenols is 3. The van der Waals surface area contributed by atoms with Gasteiger partial charge in [0.2, 0.25) is 0 Å². The van der Waals surface area contributed by atoms with Gasteiger partial charge in [-0.3, -0.25) is 0 Å². The summed E-state index contributed by atoms with van der Waals surface area (Å²) in [5, 5.41) is 40.4. The number of fused-ring (bicyclic) bond motifs is 5. The van der Waals surface area contributed by atoms with Gasteiger partial charge < -0.3 is 25.2 Å². The fourth-order valence-electron chi connectivity index (χ4n) is 3.48. The lowest BCUT2D eigenvalue weighted by Crippen LogP contribution is -2.43. The maximum atomic E-state index is 10.9. The molecule has 5 heteroatoms. The molecule has 2 aliphatic rings. The fraction of sp³-hybridized carbons (Fsp3) is 0.250. The predicted molar refractivity (Wildman–Crippen MR) is 73.9 cm³/mol. The molecule has 1 aliphatic heterocycles. The SMILES string of the molecule is Oc1ccc2c(c1)OC[C@]1(O)Cc3ccc(O)c(O)c3[C@H]21. The molecule has 0 radical (unpaired) electrons. The normalized spacial score (nSPS) is 25.7. The van der Waals surface area contributed by atoms with Crippen LogP contribution in [0.4, 0.5) is 0 Å². The molecular weight excluding hydrogens is 272 g/mol. The van der Waals surface area contributed by atoms with Gasteiger partial charge in [-0.05, 0) is 17.7 Å².